The second kappa shape index (κ2) is 3.21. The molecule has 0 fully saturated rings. The van der Waals surface area contributed by atoms with Crippen molar-refractivity contribution in [3.8, 4) is 0 Å². The van der Waals surface area contributed by atoms with Crippen molar-refractivity contribution in [1.29, 1.82) is 0 Å². The summed E-state index contributed by atoms with van der Waals surface area (Å²) in [6.45, 7) is 3.24. The quantitative estimate of drug-likeness (QED) is 0.473. The third-order valence-corrected chi connectivity index (χ3v) is 0.822. The summed E-state index contributed by atoms with van der Waals surface area (Å²) in [5.41, 5.74) is 0.606. The lowest BCUT2D eigenvalue weighted by atomic mass is 10.4. The molecule has 0 aliphatic rings. The Morgan fingerprint density at radius 2 is 2.00 bits per heavy atom. The highest BCUT2D eigenvalue weighted by Crippen LogP contribution is 1.94. The van der Waals surface area contributed by atoms with Gasteiger partial charge in [0.15, 0.2) is 0 Å². The minimum absolute atomic E-state index is 0.606. The van der Waals surface area contributed by atoms with Gasteiger partial charge >= 0.3 is 0 Å². The van der Waals surface area contributed by atoms with Crippen LogP contribution in [0.5, 0.6) is 0 Å². The summed E-state index contributed by atoms with van der Waals surface area (Å²) in [5.74, 6) is 0. The van der Waals surface area contributed by atoms with E-state index in [9.17, 15) is 0 Å². The third-order valence-electron chi connectivity index (χ3n) is 0.639. The van der Waals surface area contributed by atoms with E-state index in [0.717, 1.165) is 6.54 Å². The van der Waals surface area contributed by atoms with E-state index >= 15 is 0 Å². The number of rotatable bonds is 2. The van der Waals surface area contributed by atoms with Gasteiger partial charge in [0.05, 0.1) is 0 Å². The lowest BCUT2D eigenvalue weighted by Crippen LogP contribution is -2.16. The van der Waals surface area contributed by atoms with Crippen molar-refractivity contribution >= 4 is 10.2 Å². The maximum absolute atomic E-state index is 3.48. The van der Waals surface area contributed by atoms with Gasteiger partial charge in [-0.3, -0.25) is 0 Å². The highest BCUT2D eigenvalue weighted by atomic mass is 28.1. The number of hydrogen-bond acceptors (Lipinski definition) is 1. The van der Waals surface area contributed by atoms with Crippen molar-refractivity contribution in [2.45, 2.75) is 12.5 Å². The van der Waals surface area contributed by atoms with Crippen LogP contribution in [0.25, 0.3) is 0 Å². The van der Waals surface area contributed by atoms with Gasteiger partial charge in [-0.15, -0.1) is 0 Å². The lowest BCUT2D eigenvalue weighted by molar-refractivity contribution is 0.409. The van der Waals surface area contributed by atoms with E-state index in [4.69, 9.17) is 0 Å². The first-order valence-electron chi connectivity index (χ1n) is 2.48. The van der Waals surface area contributed by atoms with Crippen LogP contribution in [0.3, 0.4) is 0 Å². The van der Waals surface area contributed by atoms with Crippen molar-refractivity contribution in [3.05, 3.63) is 0 Å². The predicted molar refractivity (Wildman–Crippen MR) is 33.7 cm³/mol. The maximum atomic E-state index is 3.48. The Balaban J connectivity index is 2.95. The summed E-state index contributed by atoms with van der Waals surface area (Å²) in [6.07, 6.45) is 0. The summed E-state index contributed by atoms with van der Waals surface area (Å²) in [5, 5.41) is 0. The molecular weight excluding hydrogens is 102 g/mol. The fraction of sp³-hybridized carbons (Fsp3) is 1.00. The maximum Gasteiger partial charge on any atom is 0.0280 e. The van der Waals surface area contributed by atoms with E-state index in [1.54, 1.807) is 0 Å². The van der Waals surface area contributed by atoms with Gasteiger partial charge in [-0.1, -0.05) is 6.92 Å². The molecule has 1 unspecified atom stereocenters. The zero-order chi connectivity index (χ0) is 5.86. The summed E-state index contributed by atoms with van der Waals surface area (Å²) in [6, 6.07) is 0. The van der Waals surface area contributed by atoms with Gasteiger partial charge in [-0.2, -0.15) is 0 Å². The Morgan fingerprint density at radius 1 is 1.57 bits per heavy atom. The second-order valence-electron chi connectivity index (χ2n) is 2.16. The smallest absolute Gasteiger partial charge is 0.0280 e. The minimum atomic E-state index is 0.606. The van der Waals surface area contributed by atoms with Crippen LogP contribution in [-0.2, 0) is 0 Å². The third kappa shape index (κ3) is 6.18. The van der Waals surface area contributed by atoms with Crippen LogP contribution in [-0.4, -0.2) is 35.8 Å². The number of hydrogen-bond donors (Lipinski definition) is 0. The predicted octanol–water partition coefficient (Wildman–Crippen LogP) is 0.525. The van der Waals surface area contributed by atoms with Gasteiger partial charge in [0.25, 0.3) is 0 Å². The Labute approximate surface area is 49.1 Å². The zero-order valence-corrected chi connectivity index (χ0v) is 6.23. The first-order chi connectivity index (χ1) is 3.13. The van der Waals surface area contributed by atoms with Crippen LogP contribution >= 0.6 is 0 Å². The molecule has 2 heteroatoms. The van der Waals surface area contributed by atoms with Crippen LogP contribution in [0.1, 0.15) is 6.92 Å². The summed E-state index contributed by atoms with van der Waals surface area (Å²) >= 11 is 0. The van der Waals surface area contributed by atoms with Crippen molar-refractivity contribution < 1.29 is 0 Å². The fourth-order valence-electron chi connectivity index (χ4n) is 0.548. The lowest BCUT2D eigenvalue weighted by Gasteiger charge is -2.10. The molecule has 0 aliphatic heterocycles. The van der Waals surface area contributed by atoms with Crippen molar-refractivity contribution in [2.24, 2.45) is 0 Å². The topological polar surface area (TPSA) is 3.24 Å². The summed E-state index contributed by atoms with van der Waals surface area (Å²) in [7, 11) is 7.61. The Bertz CT molecular complexity index is 37.3. The molecular formula is C5H12NSi. The molecule has 41 valence electrons. The van der Waals surface area contributed by atoms with E-state index in [0.29, 0.717) is 5.54 Å². The van der Waals surface area contributed by atoms with E-state index in [2.05, 4.69) is 36.2 Å². The molecule has 0 saturated heterocycles. The summed E-state index contributed by atoms with van der Waals surface area (Å²) < 4.78 is 0. The number of nitrogens with zero attached hydrogens (tertiary/aromatic N) is 1. The highest BCUT2D eigenvalue weighted by molar-refractivity contribution is 6.11. The normalized spacial score (nSPS) is 15.0. The van der Waals surface area contributed by atoms with Crippen LogP contribution in [0.15, 0.2) is 0 Å². The molecule has 0 saturated carbocycles. The summed E-state index contributed by atoms with van der Waals surface area (Å²) in [4.78, 5) is 2.15. The largest absolute Gasteiger partial charge is 0.309 e. The van der Waals surface area contributed by atoms with Crippen molar-refractivity contribution in [2.75, 3.05) is 20.6 Å². The molecule has 1 nitrogen and oxygen atoms in total. The standard InChI is InChI=1S/C5H12NSi/c1-5(7)4-6(2)3/h5H,4H2,1-3H3. The molecule has 0 amide bonds. The molecule has 0 bridgehead atoms. The van der Waals surface area contributed by atoms with Crippen molar-refractivity contribution in [3.63, 3.8) is 0 Å². The fourth-order valence-corrected chi connectivity index (χ4v) is 0.913. The zero-order valence-electron chi connectivity index (χ0n) is 5.23. The molecule has 7 heavy (non-hydrogen) atoms. The van der Waals surface area contributed by atoms with E-state index < -0.39 is 0 Å². The SMILES string of the molecule is CC([Si])CN(C)C. The first kappa shape index (κ1) is 7.18. The molecule has 3 radical (unpaired) electrons. The molecule has 1 atom stereocenters. The van der Waals surface area contributed by atoms with Gasteiger partial charge in [-0.25, -0.2) is 0 Å². The van der Waals surface area contributed by atoms with Crippen molar-refractivity contribution in [1.82, 2.24) is 4.90 Å². The molecule has 0 rings (SSSR count). The Morgan fingerprint density at radius 3 is 2.00 bits per heavy atom. The molecule has 0 spiro atoms. The average Bonchev–Trinajstić information content (AvgIpc) is 1.27. The molecule has 0 aromatic rings. The first-order valence-corrected chi connectivity index (χ1v) is 3.06. The molecule has 0 aromatic heterocycles. The molecule has 0 N–H and O–H groups in total. The van der Waals surface area contributed by atoms with Gasteiger partial charge in [-0.05, 0) is 26.2 Å². The van der Waals surface area contributed by atoms with Crippen LogP contribution in [0.4, 0.5) is 0 Å². The molecule has 0 heterocycles. The van der Waals surface area contributed by atoms with Crippen LogP contribution in [0.2, 0.25) is 5.54 Å². The van der Waals surface area contributed by atoms with Gasteiger partial charge in [0, 0.05) is 10.2 Å². The molecule has 0 aliphatic carbocycles. The van der Waals surface area contributed by atoms with Gasteiger partial charge in [0.1, 0.15) is 0 Å². The van der Waals surface area contributed by atoms with Gasteiger partial charge in [0.2, 0.25) is 0 Å². The van der Waals surface area contributed by atoms with Crippen LogP contribution < -0.4 is 0 Å². The van der Waals surface area contributed by atoms with E-state index in [1.165, 1.54) is 0 Å². The Kier molecular flexibility index (Phi) is 3.30. The minimum Gasteiger partial charge on any atom is -0.309 e. The highest BCUT2D eigenvalue weighted by Gasteiger charge is 1.92. The van der Waals surface area contributed by atoms with Crippen LogP contribution in [0, 0.1) is 0 Å². The van der Waals surface area contributed by atoms with E-state index in [-0.39, 0.29) is 0 Å². The Hall–Kier alpha value is 0.177. The monoisotopic (exact) mass is 114 g/mol. The second-order valence-corrected chi connectivity index (χ2v) is 3.15. The van der Waals surface area contributed by atoms with Gasteiger partial charge < -0.3 is 4.90 Å². The van der Waals surface area contributed by atoms with E-state index in [1.807, 2.05) is 0 Å². The average molecular weight is 114 g/mol. The molecule has 0 aromatic carbocycles.